The number of anilines is 1. The molecule has 1 aliphatic heterocycles. The van der Waals surface area contributed by atoms with Gasteiger partial charge in [0, 0.05) is 36.9 Å². The minimum atomic E-state index is -0.767. The zero-order valence-corrected chi connectivity index (χ0v) is 11.8. The summed E-state index contributed by atoms with van der Waals surface area (Å²) in [5.74, 6) is 0.0644. The third-order valence-corrected chi connectivity index (χ3v) is 3.47. The smallest absolute Gasteiger partial charge is 0.159 e. The first-order valence-corrected chi connectivity index (χ1v) is 6.69. The monoisotopic (exact) mass is 262 g/mol. The fraction of sp³-hybridized carbons (Fsp3) is 0.533. The Hall–Kier alpha value is -1.39. The van der Waals surface area contributed by atoms with Crippen molar-refractivity contribution in [1.82, 2.24) is 5.32 Å². The summed E-state index contributed by atoms with van der Waals surface area (Å²) < 4.78 is 0. The predicted molar refractivity (Wildman–Crippen MR) is 76.7 cm³/mol. The summed E-state index contributed by atoms with van der Waals surface area (Å²) in [4.78, 5) is 13.6. The molecule has 2 unspecified atom stereocenters. The SMILES string of the molecule is CC(=O)c1cccc(N2CC(C)NCC(C)(O)C2)c1. The molecule has 0 amide bonds. The lowest BCUT2D eigenvalue weighted by molar-refractivity contribution is 0.0718. The topological polar surface area (TPSA) is 52.6 Å². The number of nitrogens with zero attached hydrogens (tertiary/aromatic N) is 1. The number of carbonyl (C=O) groups excluding carboxylic acids is 1. The van der Waals surface area contributed by atoms with Gasteiger partial charge in [0.1, 0.15) is 0 Å². The number of aliphatic hydroxyl groups is 1. The highest BCUT2D eigenvalue weighted by Crippen LogP contribution is 2.21. The van der Waals surface area contributed by atoms with E-state index in [1.54, 1.807) is 6.92 Å². The largest absolute Gasteiger partial charge is 0.387 e. The molecule has 104 valence electrons. The molecule has 1 aromatic rings. The Morgan fingerprint density at radius 3 is 2.95 bits per heavy atom. The Kier molecular flexibility index (Phi) is 3.92. The number of hydrogen-bond donors (Lipinski definition) is 2. The van der Waals surface area contributed by atoms with Gasteiger partial charge in [-0.05, 0) is 32.9 Å². The van der Waals surface area contributed by atoms with Gasteiger partial charge in [0.15, 0.2) is 5.78 Å². The van der Waals surface area contributed by atoms with Crippen LogP contribution in [0.2, 0.25) is 0 Å². The summed E-state index contributed by atoms with van der Waals surface area (Å²) >= 11 is 0. The molecule has 1 aliphatic rings. The fourth-order valence-corrected chi connectivity index (χ4v) is 2.44. The van der Waals surface area contributed by atoms with Crippen LogP contribution in [0.15, 0.2) is 24.3 Å². The van der Waals surface area contributed by atoms with E-state index in [4.69, 9.17) is 0 Å². The molecule has 2 rings (SSSR count). The molecule has 1 fully saturated rings. The number of ketones is 1. The van der Waals surface area contributed by atoms with Crippen molar-refractivity contribution in [3.63, 3.8) is 0 Å². The lowest BCUT2D eigenvalue weighted by Crippen LogP contribution is -2.43. The van der Waals surface area contributed by atoms with Gasteiger partial charge in [0.05, 0.1) is 5.60 Å². The zero-order valence-electron chi connectivity index (χ0n) is 11.8. The lowest BCUT2D eigenvalue weighted by Gasteiger charge is -2.30. The minimum absolute atomic E-state index is 0.0644. The molecule has 4 heteroatoms. The van der Waals surface area contributed by atoms with Gasteiger partial charge in [0.2, 0.25) is 0 Å². The summed E-state index contributed by atoms with van der Waals surface area (Å²) in [6.07, 6.45) is 0. The summed E-state index contributed by atoms with van der Waals surface area (Å²) in [6.45, 7) is 7.46. The summed E-state index contributed by atoms with van der Waals surface area (Å²) in [5.41, 5.74) is 0.933. The van der Waals surface area contributed by atoms with Gasteiger partial charge in [-0.15, -0.1) is 0 Å². The third kappa shape index (κ3) is 3.55. The van der Waals surface area contributed by atoms with Crippen molar-refractivity contribution < 1.29 is 9.90 Å². The van der Waals surface area contributed by atoms with E-state index in [1.165, 1.54) is 0 Å². The van der Waals surface area contributed by atoms with Crippen molar-refractivity contribution in [2.45, 2.75) is 32.4 Å². The van der Waals surface area contributed by atoms with Crippen LogP contribution in [0, 0.1) is 0 Å². The van der Waals surface area contributed by atoms with E-state index in [0.29, 0.717) is 24.7 Å². The zero-order chi connectivity index (χ0) is 14.0. The fourth-order valence-electron chi connectivity index (χ4n) is 2.44. The molecule has 0 radical (unpaired) electrons. The molecule has 2 atom stereocenters. The van der Waals surface area contributed by atoms with E-state index in [1.807, 2.05) is 31.2 Å². The number of benzene rings is 1. The Morgan fingerprint density at radius 2 is 2.26 bits per heavy atom. The van der Waals surface area contributed by atoms with Crippen molar-refractivity contribution in [1.29, 1.82) is 0 Å². The average Bonchev–Trinajstić information content (AvgIpc) is 2.48. The van der Waals surface area contributed by atoms with Gasteiger partial charge < -0.3 is 15.3 Å². The van der Waals surface area contributed by atoms with Crippen LogP contribution in [-0.2, 0) is 0 Å². The van der Waals surface area contributed by atoms with Crippen LogP contribution in [0.4, 0.5) is 5.69 Å². The summed E-state index contributed by atoms with van der Waals surface area (Å²) in [5, 5.41) is 13.6. The van der Waals surface area contributed by atoms with Crippen LogP contribution in [-0.4, -0.2) is 42.2 Å². The Bertz CT molecular complexity index is 471. The molecule has 1 aromatic carbocycles. The minimum Gasteiger partial charge on any atom is -0.387 e. The first-order valence-electron chi connectivity index (χ1n) is 6.69. The second-order valence-electron chi connectivity index (χ2n) is 5.77. The lowest BCUT2D eigenvalue weighted by atomic mass is 10.1. The number of Topliss-reactive ketones (excluding diaryl/α,β-unsaturated/α-hetero) is 1. The molecular weight excluding hydrogens is 240 g/mol. The number of carbonyl (C=O) groups is 1. The molecule has 19 heavy (non-hydrogen) atoms. The maximum atomic E-state index is 11.5. The van der Waals surface area contributed by atoms with Crippen molar-refractivity contribution >= 4 is 11.5 Å². The number of β-amino-alcohol motifs (C(OH)–C–C–N with tert-alkyl or cyclic N) is 1. The van der Waals surface area contributed by atoms with Crippen molar-refractivity contribution in [3.8, 4) is 0 Å². The number of hydrogen-bond acceptors (Lipinski definition) is 4. The highest BCUT2D eigenvalue weighted by molar-refractivity contribution is 5.95. The standard InChI is InChI=1S/C15H22N2O2/c1-11-8-17(10-15(3,19)9-16-11)14-6-4-5-13(7-14)12(2)18/h4-7,11,16,19H,8-10H2,1-3H3. The first-order chi connectivity index (χ1) is 8.87. The molecule has 2 N–H and O–H groups in total. The van der Waals surface area contributed by atoms with Crippen LogP contribution in [0.25, 0.3) is 0 Å². The molecular formula is C15H22N2O2. The highest BCUT2D eigenvalue weighted by atomic mass is 16.3. The van der Waals surface area contributed by atoms with E-state index in [2.05, 4.69) is 17.1 Å². The molecule has 4 nitrogen and oxygen atoms in total. The van der Waals surface area contributed by atoms with Gasteiger partial charge >= 0.3 is 0 Å². The van der Waals surface area contributed by atoms with E-state index < -0.39 is 5.60 Å². The second-order valence-corrected chi connectivity index (χ2v) is 5.77. The van der Waals surface area contributed by atoms with Crippen LogP contribution in [0.1, 0.15) is 31.1 Å². The van der Waals surface area contributed by atoms with Gasteiger partial charge in [-0.2, -0.15) is 0 Å². The number of nitrogens with one attached hydrogen (secondary N) is 1. The second kappa shape index (κ2) is 5.31. The van der Waals surface area contributed by atoms with Gasteiger partial charge in [-0.25, -0.2) is 0 Å². The molecule has 0 aromatic heterocycles. The molecule has 0 bridgehead atoms. The van der Waals surface area contributed by atoms with Crippen LogP contribution >= 0.6 is 0 Å². The maximum absolute atomic E-state index is 11.5. The van der Waals surface area contributed by atoms with E-state index >= 15 is 0 Å². The quantitative estimate of drug-likeness (QED) is 0.792. The van der Waals surface area contributed by atoms with E-state index in [-0.39, 0.29) is 5.78 Å². The van der Waals surface area contributed by atoms with E-state index in [0.717, 1.165) is 12.2 Å². The summed E-state index contributed by atoms with van der Waals surface area (Å²) in [7, 11) is 0. The van der Waals surface area contributed by atoms with Crippen molar-refractivity contribution in [2.24, 2.45) is 0 Å². The summed E-state index contributed by atoms with van der Waals surface area (Å²) in [6, 6.07) is 7.90. The Morgan fingerprint density at radius 1 is 1.53 bits per heavy atom. The Labute approximate surface area is 114 Å². The maximum Gasteiger partial charge on any atom is 0.159 e. The molecule has 1 saturated heterocycles. The van der Waals surface area contributed by atoms with Crippen LogP contribution in [0.5, 0.6) is 0 Å². The van der Waals surface area contributed by atoms with Gasteiger partial charge in [-0.1, -0.05) is 12.1 Å². The van der Waals surface area contributed by atoms with Crippen LogP contribution in [0.3, 0.4) is 0 Å². The predicted octanol–water partition coefficient (Wildman–Crippen LogP) is 1.44. The third-order valence-electron chi connectivity index (χ3n) is 3.47. The average molecular weight is 262 g/mol. The van der Waals surface area contributed by atoms with Crippen molar-refractivity contribution in [3.05, 3.63) is 29.8 Å². The van der Waals surface area contributed by atoms with Crippen LogP contribution < -0.4 is 10.2 Å². The van der Waals surface area contributed by atoms with Gasteiger partial charge in [0.25, 0.3) is 0 Å². The molecule has 0 aliphatic carbocycles. The van der Waals surface area contributed by atoms with Gasteiger partial charge in [-0.3, -0.25) is 4.79 Å². The number of rotatable bonds is 2. The molecule has 0 saturated carbocycles. The highest BCUT2D eigenvalue weighted by Gasteiger charge is 2.29. The Balaban J connectivity index is 2.28. The van der Waals surface area contributed by atoms with Crippen molar-refractivity contribution in [2.75, 3.05) is 24.5 Å². The van der Waals surface area contributed by atoms with E-state index in [9.17, 15) is 9.90 Å². The molecule has 0 spiro atoms. The molecule has 1 heterocycles. The first kappa shape index (κ1) is 14.0. The normalized spacial score (nSPS) is 28.0.